The molecule has 0 fully saturated rings. The number of aromatic nitrogens is 1. The summed E-state index contributed by atoms with van der Waals surface area (Å²) in [6, 6.07) is 5.79. The zero-order valence-electron chi connectivity index (χ0n) is 17.5. The van der Waals surface area contributed by atoms with Gasteiger partial charge in [-0.2, -0.15) is 0 Å². The molecule has 0 aliphatic heterocycles. The number of hydrogen-bond donors (Lipinski definition) is 3. The molecule has 0 aliphatic rings. The largest absolute Gasteiger partial charge is 0.444 e. The van der Waals surface area contributed by atoms with E-state index in [4.69, 9.17) is 4.74 Å². The number of aliphatic imine (C=N–C) groups is 1. The minimum atomic E-state index is -0.517. The van der Waals surface area contributed by atoms with Gasteiger partial charge in [-0.1, -0.05) is 19.9 Å². The Morgan fingerprint density at radius 2 is 2.00 bits per heavy atom. The molecule has 0 saturated heterocycles. The van der Waals surface area contributed by atoms with Crippen LogP contribution in [-0.2, 0) is 11.2 Å². The molecule has 1 heterocycles. The average molecular weight is 378 g/mol. The Kier molecular flexibility index (Phi) is 9.61. The fourth-order valence-corrected chi connectivity index (χ4v) is 2.27. The van der Waals surface area contributed by atoms with Gasteiger partial charge in [-0.3, -0.25) is 9.98 Å². The minimum absolute atomic E-state index is 0.105. The van der Waals surface area contributed by atoms with Gasteiger partial charge < -0.3 is 20.7 Å². The summed E-state index contributed by atoms with van der Waals surface area (Å²) in [7, 11) is 0. The third-order valence-corrected chi connectivity index (χ3v) is 3.70. The Hall–Kier alpha value is -2.31. The Morgan fingerprint density at radius 3 is 2.56 bits per heavy atom. The number of guanidine groups is 1. The SMILES string of the molecule is CCNC(=NCC(NC(=O)OC(C)(C)C)C(C)C)NCCc1ccccn1. The quantitative estimate of drug-likeness (QED) is 0.479. The summed E-state index contributed by atoms with van der Waals surface area (Å²) in [6.07, 6.45) is 2.20. The highest BCUT2D eigenvalue weighted by Crippen LogP contribution is 2.09. The van der Waals surface area contributed by atoms with Crippen LogP contribution in [0.3, 0.4) is 0 Å². The number of nitrogens with zero attached hydrogens (tertiary/aromatic N) is 2. The second kappa shape index (κ2) is 11.4. The van der Waals surface area contributed by atoms with Gasteiger partial charge in [0, 0.05) is 31.4 Å². The number of amides is 1. The van der Waals surface area contributed by atoms with Crippen molar-refractivity contribution in [2.75, 3.05) is 19.6 Å². The topological polar surface area (TPSA) is 87.6 Å². The third kappa shape index (κ3) is 10.4. The Morgan fingerprint density at radius 1 is 1.26 bits per heavy atom. The molecule has 0 radical (unpaired) electrons. The number of rotatable bonds is 8. The van der Waals surface area contributed by atoms with Crippen molar-refractivity contribution in [1.82, 2.24) is 20.9 Å². The lowest BCUT2D eigenvalue weighted by Crippen LogP contribution is -2.45. The van der Waals surface area contributed by atoms with Gasteiger partial charge in [0.2, 0.25) is 0 Å². The molecule has 1 aromatic heterocycles. The molecular formula is C20H35N5O2. The zero-order chi connectivity index (χ0) is 20.3. The zero-order valence-corrected chi connectivity index (χ0v) is 17.5. The van der Waals surface area contributed by atoms with E-state index in [0.717, 1.165) is 31.2 Å². The van der Waals surface area contributed by atoms with E-state index < -0.39 is 11.7 Å². The second-order valence-electron chi connectivity index (χ2n) is 7.71. The highest BCUT2D eigenvalue weighted by atomic mass is 16.6. The fourth-order valence-electron chi connectivity index (χ4n) is 2.27. The van der Waals surface area contributed by atoms with Crippen LogP contribution in [-0.4, -0.2) is 48.3 Å². The molecule has 1 atom stereocenters. The standard InChI is InChI=1S/C20H35N5O2/c1-7-21-18(23-13-11-16-10-8-9-12-22-16)24-14-17(15(2)3)25-19(26)27-20(4,5)6/h8-10,12,15,17H,7,11,13-14H2,1-6H3,(H,25,26)(H2,21,23,24). The van der Waals surface area contributed by atoms with E-state index in [-0.39, 0.29) is 12.0 Å². The van der Waals surface area contributed by atoms with E-state index >= 15 is 0 Å². The summed E-state index contributed by atoms with van der Waals surface area (Å²) in [5.41, 5.74) is 0.518. The van der Waals surface area contributed by atoms with Crippen molar-refractivity contribution >= 4 is 12.1 Å². The van der Waals surface area contributed by atoms with Crippen LogP contribution < -0.4 is 16.0 Å². The Balaban J connectivity index is 2.59. The van der Waals surface area contributed by atoms with Gasteiger partial charge in [-0.15, -0.1) is 0 Å². The monoisotopic (exact) mass is 377 g/mol. The highest BCUT2D eigenvalue weighted by Gasteiger charge is 2.21. The van der Waals surface area contributed by atoms with Gasteiger partial charge in [0.25, 0.3) is 0 Å². The van der Waals surface area contributed by atoms with Gasteiger partial charge in [-0.25, -0.2) is 4.79 Å². The van der Waals surface area contributed by atoms with Crippen LogP contribution >= 0.6 is 0 Å². The molecule has 0 spiro atoms. The van der Waals surface area contributed by atoms with Gasteiger partial charge in [0.15, 0.2) is 5.96 Å². The normalized spacial score (nSPS) is 13.2. The van der Waals surface area contributed by atoms with Crippen molar-refractivity contribution < 1.29 is 9.53 Å². The molecule has 7 nitrogen and oxygen atoms in total. The smallest absolute Gasteiger partial charge is 0.407 e. The van der Waals surface area contributed by atoms with E-state index in [0.29, 0.717) is 6.54 Å². The van der Waals surface area contributed by atoms with E-state index in [1.807, 2.05) is 45.9 Å². The minimum Gasteiger partial charge on any atom is -0.444 e. The number of hydrogen-bond acceptors (Lipinski definition) is 4. The molecule has 0 saturated carbocycles. The van der Waals surface area contributed by atoms with E-state index in [9.17, 15) is 4.79 Å². The van der Waals surface area contributed by atoms with Crippen LogP contribution in [0.1, 0.15) is 47.2 Å². The lowest BCUT2D eigenvalue weighted by Gasteiger charge is -2.25. The first kappa shape index (κ1) is 22.7. The van der Waals surface area contributed by atoms with E-state index in [1.165, 1.54) is 0 Å². The summed E-state index contributed by atoms with van der Waals surface area (Å²) in [5, 5.41) is 9.46. The summed E-state index contributed by atoms with van der Waals surface area (Å²) < 4.78 is 5.35. The van der Waals surface area contributed by atoms with E-state index in [2.05, 4.69) is 39.8 Å². The van der Waals surface area contributed by atoms with Gasteiger partial charge in [0.1, 0.15) is 5.60 Å². The number of carbonyl (C=O) groups excluding carboxylic acids is 1. The predicted molar refractivity (Wildman–Crippen MR) is 110 cm³/mol. The van der Waals surface area contributed by atoms with Crippen LogP contribution in [0.15, 0.2) is 29.4 Å². The maximum atomic E-state index is 12.1. The first-order valence-electron chi connectivity index (χ1n) is 9.63. The first-order chi connectivity index (χ1) is 12.7. The summed E-state index contributed by atoms with van der Waals surface area (Å²) in [6.45, 7) is 13.6. The highest BCUT2D eigenvalue weighted by molar-refractivity contribution is 5.79. The predicted octanol–water partition coefficient (Wildman–Crippen LogP) is 2.73. The molecule has 1 aromatic rings. The molecule has 1 amide bonds. The number of carbonyl (C=O) groups is 1. The summed E-state index contributed by atoms with van der Waals surface area (Å²) in [5.74, 6) is 0.961. The molecule has 7 heteroatoms. The van der Waals surface area contributed by atoms with Crippen LogP contribution in [0.25, 0.3) is 0 Å². The average Bonchev–Trinajstić information content (AvgIpc) is 2.57. The van der Waals surface area contributed by atoms with Crippen LogP contribution in [0, 0.1) is 5.92 Å². The van der Waals surface area contributed by atoms with Gasteiger partial charge in [0.05, 0.1) is 12.6 Å². The lowest BCUT2D eigenvalue weighted by molar-refractivity contribution is 0.0493. The molecule has 0 bridgehead atoms. The maximum absolute atomic E-state index is 12.1. The number of alkyl carbamates (subject to hydrolysis) is 1. The van der Waals surface area contributed by atoms with E-state index in [1.54, 1.807) is 6.20 Å². The van der Waals surface area contributed by atoms with Crippen molar-refractivity contribution in [1.29, 1.82) is 0 Å². The van der Waals surface area contributed by atoms with Crippen molar-refractivity contribution in [2.24, 2.45) is 10.9 Å². The third-order valence-electron chi connectivity index (χ3n) is 3.70. The summed E-state index contributed by atoms with van der Waals surface area (Å²) in [4.78, 5) is 21.0. The molecule has 1 rings (SSSR count). The van der Waals surface area contributed by atoms with Crippen LogP contribution in [0.4, 0.5) is 4.79 Å². The number of ether oxygens (including phenoxy) is 1. The maximum Gasteiger partial charge on any atom is 0.407 e. The first-order valence-corrected chi connectivity index (χ1v) is 9.63. The van der Waals surface area contributed by atoms with Crippen molar-refractivity contribution in [3.05, 3.63) is 30.1 Å². The molecule has 27 heavy (non-hydrogen) atoms. The van der Waals surface area contributed by atoms with Crippen molar-refractivity contribution in [3.8, 4) is 0 Å². The Bertz CT molecular complexity index is 582. The summed E-state index contributed by atoms with van der Waals surface area (Å²) >= 11 is 0. The fraction of sp³-hybridized carbons (Fsp3) is 0.650. The molecular weight excluding hydrogens is 342 g/mol. The van der Waals surface area contributed by atoms with Gasteiger partial charge in [-0.05, 0) is 45.7 Å². The van der Waals surface area contributed by atoms with Crippen LogP contribution in [0.2, 0.25) is 0 Å². The van der Waals surface area contributed by atoms with Crippen molar-refractivity contribution in [3.63, 3.8) is 0 Å². The Labute approximate surface area is 163 Å². The molecule has 0 aliphatic carbocycles. The lowest BCUT2D eigenvalue weighted by atomic mass is 10.1. The molecule has 0 aromatic carbocycles. The molecule has 152 valence electrons. The van der Waals surface area contributed by atoms with Crippen molar-refractivity contribution in [2.45, 2.75) is 59.6 Å². The van der Waals surface area contributed by atoms with Crippen LogP contribution in [0.5, 0.6) is 0 Å². The second-order valence-corrected chi connectivity index (χ2v) is 7.71. The number of nitrogens with one attached hydrogen (secondary N) is 3. The van der Waals surface area contributed by atoms with Gasteiger partial charge >= 0.3 is 6.09 Å². The number of pyridine rings is 1. The molecule has 3 N–H and O–H groups in total. The molecule has 1 unspecified atom stereocenters.